The first-order chi connectivity index (χ1) is 22.2. The van der Waals surface area contributed by atoms with Crippen molar-refractivity contribution in [1.82, 2.24) is 19.9 Å². The minimum absolute atomic E-state index is 0.121. The van der Waals surface area contributed by atoms with Crippen LogP contribution in [0.3, 0.4) is 0 Å². The van der Waals surface area contributed by atoms with Crippen LogP contribution >= 0.6 is 7.60 Å². The van der Waals surface area contributed by atoms with Crippen LogP contribution in [-0.2, 0) is 18.3 Å². The molecule has 4 aromatic rings. The molecule has 0 saturated heterocycles. The molecule has 244 valence electrons. The highest BCUT2D eigenvalue weighted by Gasteiger charge is 2.40. The number of carbonyl (C=O) groups excluding carboxylic acids is 1. The number of hydrogen-bond acceptors (Lipinski definition) is 16. The van der Waals surface area contributed by atoms with Crippen molar-refractivity contribution >= 4 is 13.6 Å². The molecule has 17 heteroatoms. The summed E-state index contributed by atoms with van der Waals surface area (Å²) in [6, 6.07) is 13.1. The van der Waals surface area contributed by atoms with Gasteiger partial charge < -0.3 is 46.9 Å². The molecule has 0 spiro atoms. The van der Waals surface area contributed by atoms with Crippen LogP contribution in [0.25, 0.3) is 0 Å². The molecule has 2 aromatic heterocycles. The van der Waals surface area contributed by atoms with Gasteiger partial charge in [0.15, 0.2) is 0 Å². The first-order valence-corrected chi connectivity index (χ1v) is 14.8. The number of methoxy groups -OCH3 is 5. The average Bonchev–Trinajstić information content (AvgIpc) is 3.09. The maximum absolute atomic E-state index is 14.1. The van der Waals surface area contributed by atoms with E-state index in [1.165, 1.54) is 80.1 Å². The van der Waals surface area contributed by atoms with Gasteiger partial charge in [-0.2, -0.15) is 19.9 Å². The number of benzene rings is 2. The van der Waals surface area contributed by atoms with Crippen molar-refractivity contribution in [3.8, 4) is 52.8 Å². The molecule has 1 atom stereocenters. The van der Waals surface area contributed by atoms with Crippen LogP contribution in [0.4, 0.5) is 0 Å². The molecule has 0 aliphatic carbocycles. The third kappa shape index (κ3) is 7.72. The van der Waals surface area contributed by atoms with E-state index >= 15 is 0 Å². The molecule has 4 rings (SSSR count). The number of aromatic nitrogens is 4. The fourth-order valence-corrected chi connectivity index (χ4v) is 5.16. The van der Waals surface area contributed by atoms with E-state index < -0.39 is 19.4 Å². The molecule has 16 nitrogen and oxygen atoms in total. The second kappa shape index (κ2) is 15.2. The van der Waals surface area contributed by atoms with Crippen LogP contribution in [0, 0.1) is 0 Å². The molecule has 0 radical (unpaired) electrons. The molecule has 2 aromatic carbocycles. The maximum Gasteiger partial charge on any atom is 0.375 e. The van der Waals surface area contributed by atoms with Gasteiger partial charge in [0.05, 0.1) is 47.7 Å². The zero-order valence-electron chi connectivity index (χ0n) is 25.9. The molecule has 1 unspecified atom stereocenters. The number of rotatable bonds is 15. The second-order valence-corrected chi connectivity index (χ2v) is 11.0. The van der Waals surface area contributed by atoms with E-state index in [1.54, 1.807) is 24.3 Å². The predicted molar refractivity (Wildman–Crippen MR) is 160 cm³/mol. The summed E-state index contributed by atoms with van der Waals surface area (Å²) in [7, 11) is 5.32. The predicted octanol–water partition coefficient (Wildman–Crippen LogP) is 5.24. The van der Waals surface area contributed by atoms with Crippen molar-refractivity contribution in [1.29, 1.82) is 0 Å². The summed E-state index contributed by atoms with van der Waals surface area (Å²) in [4.78, 5) is 30.8. The Kier molecular flexibility index (Phi) is 11.1. The van der Waals surface area contributed by atoms with E-state index in [2.05, 4.69) is 19.9 Å². The number of ether oxygens (including phenoxy) is 8. The van der Waals surface area contributed by atoms with Crippen molar-refractivity contribution < 1.29 is 56.3 Å². The first kappa shape index (κ1) is 33.7. The quantitative estimate of drug-likeness (QED) is 0.120. The van der Waals surface area contributed by atoms with Gasteiger partial charge in [-0.3, -0.25) is 4.57 Å². The SMILES string of the molecule is COc1ccc(C(OC(=O)c2c(Oc3nc(OC)cc(OC)n3)cccc2Oc2nc(OC)cc(OC)n2)P(=O)(OC)OC)cc1. The van der Waals surface area contributed by atoms with Crippen LogP contribution < -0.4 is 33.2 Å². The summed E-state index contributed by atoms with van der Waals surface area (Å²) in [6.45, 7) is 0. The Morgan fingerprint density at radius 1 is 0.630 bits per heavy atom. The van der Waals surface area contributed by atoms with Crippen molar-refractivity contribution in [2.75, 3.05) is 49.8 Å². The van der Waals surface area contributed by atoms with Crippen molar-refractivity contribution in [2.45, 2.75) is 5.85 Å². The summed E-state index contributed by atoms with van der Waals surface area (Å²) in [6.07, 6.45) is 0. The van der Waals surface area contributed by atoms with Gasteiger partial charge in [0.2, 0.25) is 29.4 Å². The lowest BCUT2D eigenvalue weighted by atomic mass is 10.1. The number of carbonyl (C=O) groups is 1. The fraction of sp³-hybridized carbons (Fsp3) is 0.276. The second-order valence-electron chi connectivity index (χ2n) is 8.74. The normalized spacial score (nSPS) is 11.6. The van der Waals surface area contributed by atoms with Crippen LogP contribution in [-0.4, -0.2) is 75.7 Å². The monoisotopic (exact) mass is 658 g/mol. The van der Waals surface area contributed by atoms with E-state index in [4.69, 9.17) is 46.9 Å². The summed E-state index contributed by atoms with van der Waals surface area (Å²) >= 11 is 0. The lowest BCUT2D eigenvalue weighted by Gasteiger charge is -2.25. The molecule has 0 saturated carbocycles. The van der Waals surface area contributed by atoms with Crippen molar-refractivity contribution in [2.24, 2.45) is 0 Å². The highest BCUT2D eigenvalue weighted by molar-refractivity contribution is 7.54. The fourth-order valence-electron chi connectivity index (χ4n) is 3.87. The number of esters is 1. The molecule has 0 fully saturated rings. The van der Waals surface area contributed by atoms with Crippen molar-refractivity contribution in [3.63, 3.8) is 0 Å². The molecule has 0 aliphatic heterocycles. The summed E-state index contributed by atoms with van der Waals surface area (Å²) < 4.78 is 67.9. The molecule has 0 amide bonds. The molecule has 0 N–H and O–H groups in total. The Morgan fingerprint density at radius 2 is 1.07 bits per heavy atom. The average molecular weight is 659 g/mol. The van der Waals surface area contributed by atoms with Gasteiger partial charge in [0.25, 0.3) is 0 Å². The van der Waals surface area contributed by atoms with Gasteiger partial charge in [-0.1, -0.05) is 18.2 Å². The van der Waals surface area contributed by atoms with Gasteiger partial charge in [-0.25, -0.2) is 4.79 Å². The Labute approximate surface area is 264 Å². The third-order valence-corrected chi connectivity index (χ3v) is 8.16. The lowest BCUT2D eigenvalue weighted by Crippen LogP contribution is -2.16. The highest BCUT2D eigenvalue weighted by Crippen LogP contribution is 2.61. The molecular formula is C29H31N4O12P. The van der Waals surface area contributed by atoms with Crippen molar-refractivity contribution in [3.05, 3.63) is 65.7 Å². The topological polar surface area (TPSA) is 178 Å². The molecule has 0 aliphatic rings. The van der Waals surface area contributed by atoms with Gasteiger partial charge in [-0.15, -0.1) is 0 Å². The third-order valence-electron chi connectivity index (χ3n) is 6.16. The smallest absolute Gasteiger partial charge is 0.375 e. The highest BCUT2D eigenvalue weighted by atomic mass is 31.2. The van der Waals surface area contributed by atoms with Crippen LogP contribution in [0.2, 0.25) is 0 Å². The summed E-state index contributed by atoms with van der Waals surface area (Å²) in [5, 5.41) is 0. The zero-order valence-corrected chi connectivity index (χ0v) is 26.8. The van der Waals surface area contributed by atoms with Gasteiger partial charge in [-0.05, 0) is 24.3 Å². The Balaban J connectivity index is 1.85. The van der Waals surface area contributed by atoms with E-state index in [0.29, 0.717) is 5.75 Å². The molecule has 46 heavy (non-hydrogen) atoms. The Bertz CT molecular complexity index is 1580. The molecule has 0 bridgehead atoms. The number of nitrogens with zero attached hydrogens (tertiary/aromatic N) is 4. The lowest BCUT2D eigenvalue weighted by molar-refractivity contribution is 0.0375. The van der Waals surface area contributed by atoms with E-state index in [-0.39, 0.29) is 58.2 Å². The van der Waals surface area contributed by atoms with Gasteiger partial charge in [0.1, 0.15) is 22.8 Å². The van der Waals surface area contributed by atoms with Gasteiger partial charge in [0, 0.05) is 19.8 Å². The van der Waals surface area contributed by atoms with Crippen LogP contribution in [0.15, 0.2) is 54.6 Å². The summed E-state index contributed by atoms with van der Waals surface area (Å²) in [5.74, 6) is -1.88. The van der Waals surface area contributed by atoms with Crippen LogP contribution in [0.5, 0.6) is 52.8 Å². The van der Waals surface area contributed by atoms with Gasteiger partial charge >= 0.3 is 25.6 Å². The van der Waals surface area contributed by atoms with E-state index in [0.717, 1.165) is 0 Å². The summed E-state index contributed by atoms with van der Waals surface area (Å²) in [5.41, 5.74) is -0.0145. The zero-order chi connectivity index (χ0) is 33.3. The minimum atomic E-state index is -4.10. The Morgan fingerprint density at radius 3 is 1.43 bits per heavy atom. The van der Waals surface area contributed by atoms with Crippen LogP contribution in [0.1, 0.15) is 21.8 Å². The van der Waals surface area contributed by atoms with E-state index in [9.17, 15) is 9.36 Å². The largest absolute Gasteiger partial charge is 0.497 e. The van der Waals surface area contributed by atoms with E-state index in [1.807, 2.05) is 0 Å². The minimum Gasteiger partial charge on any atom is -0.497 e. The number of hydrogen-bond donors (Lipinski definition) is 0. The molecule has 2 heterocycles. The first-order valence-electron chi connectivity index (χ1n) is 13.2. The maximum atomic E-state index is 14.1. The Hall–Kier alpha value is -5.18. The standard InChI is InChI=1S/C29H31N4O12P/c1-36-18-13-11-17(12-14-18)27(46(35,41-6)42-7)45-26(34)25-19(43-28-30-21(37-2)15-22(31-28)38-3)9-8-10-20(25)44-29-32-23(39-4)16-24(33-29)40-5/h8-16,27H,1-7H3. The molecular weight excluding hydrogens is 627 g/mol.